The number of aryl methyl sites for hydroxylation is 1. The second-order valence-electron chi connectivity index (χ2n) is 5.75. The number of aromatic amines is 1. The lowest BCUT2D eigenvalue weighted by molar-refractivity contribution is 1.06. The summed E-state index contributed by atoms with van der Waals surface area (Å²) < 4.78 is 0. The number of anilines is 2. The number of rotatable bonds is 5. The highest BCUT2D eigenvalue weighted by Gasteiger charge is 2.07. The molecule has 0 bridgehead atoms. The smallest absolute Gasteiger partial charge is 0.165 e. The first kappa shape index (κ1) is 15.7. The van der Waals surface area contributed by atoms with Crippen molar-refractivity contribution in [2.75, 3.05) is 5.32 Å². The van der Waals surface area contributed by atoms with Crippen molar-refractivity contribution in [1.29, 1.82) is 0 Å². The SMILES string of the molecule is Cc1cccc(Nc2ncnc3ccc(CSc4ncc[nH]4)cc23)c1. The molecule has 0 aliphatic heterocycles. The van der Waals surface area contributed by atoms with Crippen molar-refractivity contribution < 1.29 is 0 Å². The van der Waals surface area contributed by atoms with Crippen LogP contribution in [0, 0.1) is 6.92 Å². The molecule has 0 aliphatic carbocycles. The summed E-state index contributed by atoms with van der Waals surface area (Å²) in [4.78, 5) is 16.2. The Balaban J connectivity index is 1.63. The van der Waals surface area contributed by atoms with Crippen LogP contribution < -0.4 is 5.32 Å². The van der Waals surface area contributed by atoms with E-state index in [1.807, 2.05) is 24.4 Å². The summed E-state index contributed by atoms with van der Waals surface area (Å²) in [5, 5.41) is 5.34. The zero-order valence-corrected chi connectivity index (χ0v) is 14.5. The number of nitrogens with one attached hydrogen (secondary N) is 2. The van der Waals surface area contributed by atoms with Gasteiger partial charge in [0.2, 0.25) is 0 Å². The summed E-state index contributed by atoms with van der Waals surface area (Å²) in [6.45, 7) is 2.08. The highest BCUT2D eigenvalue weighted by molar-refractivity contribution is 7.98. The van der Waals surface area contributed by atoms with E-state index in [1.165, 1.54) is 11.1 Å². The third kappa shape index (κ3) is 3.64. The third-order valence-corrected chi connectivity index (χ3v) is 4.80. The molecule has 2 aromatic heterocycles. The van der Waals surface area contributed by atoms with Crippen molar-refractivity contribution in [1.82, 2.24) is 19.9 Å². The Morgan fingerprint density at radius 2 is 2.04 bits per heavy atom. The number of nitrogens with zero attached hydrogens (tertiary/aromatic N) is 3. The molecule has 6 heteroatoms. The average Bonchev–Trinajstić information content (AvgIpc) is 3.14. The molecule has 0 atom stereocenters. The molecule has 5 nitrogen and oxygen atoms in total. The average molecular weight is 347 g/mol. The summed E-state index contributed by atoms with van der Waals surface area (Å²) in [6, 6.07) is 14.5. The second kappa shape index (κ2) is 6.94. The van der Waals surface area contributed by atoms with Gasteiger partial charge in [0.25, 0.3) is 0 Å². The molecular formula is C19H17N5S. The van der Waals surface area contributed by atoms with Crippen molar-refractivity contribution in [3.05, 3.63) is 72.3 Å². The lowest BCUT2D eigenvalue weighted by Gasteiger charge is -2.10. The minimum absolute atomic E-state index is 0.820. The Labute approximate surface area is 149 Å². The van der Waals surface area contributed by atoms with Crippen LogP contribution in [-0.4, -0.2) is 19.9 Å². The van der Waals surface area contributed by atoms with Crippen LogP contribution in [0.5, 0.6) is 0 Å². The lowest BCUT2D eigenvalue weighted by atomic mass is 10.1. The fourth-order valence-corrected chi connectivity index (χ4v) is 3.40. The van der Waals surface area contributed by atoms with Gasteiger partial charge in [-0.3, -0.25) is 0 Å². The molecule has 0 unspecified atom stereocenters. The Bertz CT molecular complexity index is 998. The fourth-order valence-electron chi connectivity index (χ4n) is 2.63. The third-order valence-electron chi connectivity index (χ3n) is 3.83. The number of hydrogen-bond acceptors (Lipinski definition) is 5. The largest absolute Gasteiger partial charge is 0.340 e. The van der Waals surface area contributed by atoms with Crippen molar-refractivity contribution in [3.8, 4) is 0 Å². The first-order valence-electron chi connectivity index (χ1n) is 7.97. The maximum Gasteiger partial charge on any atom is 0.165 e. The molecule has 4 aromatic rings. The van der Waals surface area contributed by atoms with E-state index >= 15 is 0 Å². The van der Waals surface area contributed by atoms with Crippen LogP contribution in [0.1, 0.15) is 11.1 Å². The van der Waals surface area contributed by atoms with E-state index < -0.39 is 0 Å². The van der Waals surface area contributed by atoms with E-state index in [1.54, 1.807) is 24.3 Å². The van der Waals surface area contributed by atoms with Gasteiger partial charge >= 0.3 is 0 Å². The van der Waals surface area contributed by atoms with E-state index in [9.17, 15) is 0 Å². The van der Waals surface area contributed by atoms with Gasteiger partial charge in [-0.05, 0) is 42.3 Å². The van der Waals surface area contributed by atoms with Crippen molar-refractivity contribution in [3.63, 3.8) is 0 Å². The minimum Gasteiger partial charge on any atom is -0.340 e. The van der Waals surface area contributed by atoms with Crippen LogP contribution >= 0.6 is 11.8 Å². The number of H-pyrrole nitrogens is 1. The molecule has 4 rings (SSSR count). The quantitative estimate of drug-likeness (QED) is 0.512. The minimum atomic E-state index is 0.820. The zero-order valence-electron chi connectivity index (χ0n) is 13.7. The topological polar surface area (TPSA) is 66.5 Å². The molecule has 0 saturated carbocycles. The normalized spacial score (nSPS) is 10.9. The maximum atomic E-state index is 4.44. The Morgan fingerprint density at radius 1 is 1.08 bits per heavy atom. The summed E-state index contributed by atoms with van der Waals surface area (Å²) in [5.41, 5.74) is 4.36. The van der Waals surface area contributed by atoms with Gasteiger partial charge in [0.1, 0.15) is 12.1 Å². The number of thioether (sulfide) groups is 1. The predicted octanol–water partition coefficient (Wildman–Crippen LogP) is 4.70. The number of benzene rings is 2. The fraction of sp³-hybridized carbons (Fsp3) is 0.105. The standard InChI is InChI=1S/C19H17N5S/c1-13-3-2-4-15(9-13)24-18-16-10-14(5-6-17(16)22-12-23-18)11-25-19-20-7-8-21-19/h2-10,12H,11H2,1H3,(H,20,21)(H,22,23,24). The van der Waals surface area contributed by atoms with E-state index in [2.05, 4.69) is 56.4 Å². The predicted molar refractivity (Wildman–Crippen MR) is 102 cm³/mol. The zero-order chi connectivity index (χ0) is 17.1. The van der Waals surface area contributed by atoms with E-state index in [4.69, 9.17) is 0 Å². The summed E-state index contributed by atoms with van der Waals surface area (Å²) in [6.07, 6.45) is 5.19. The molecule has 124 valence electrons. The van der Waals surface area contributed by atoms with Crippen molar-refractivity contribution in [2.24, 2.45) is 0 Å². The molecule has 2 N–H and O–H groups in total. The molecule has 0 saturated heterocycles. The van der Waals surface area contributed by atoms with Gasteiger partial charge in [0.05, 0.1) is 5.52 Å². The van der Waals surface area contributed by atoms with Crippen LogP contribution in [0.15, 0.2) is 66.3 Å². The maximum absolute atomic E-state index is 4.44. The second-order valence-corrected chi connectivity index (χ2v) is 6.72. The van der Waals surface area contributed by atoms with Crippen LogP contribution in [0.25, 0.3) is 10.9 Å². The summed E-state index contributed by atoms with van der Waals surface area (Å²) >= 11 is 1.67. The van der Waals surface area contributed by atoms with Crippen LogP contribution in [0.3, 0.4) is 0 Å². The van der Waals surface area contributed by atoms with Gasteiger partial charge in [-0.2, -0.15) is 0 Å². The summed E-state index contributed by atoms with van der Waals surface area (Å²) in [7, 11) is 0. The molecule has 0 aliphatic rings. The molecule has 2 aromatic carbocycles. The number of imidazole rings is 1. The van der Waals surface area contributed by atoms with Crippen LogP contribution in [0.2, 0.25) is 0 Å². The van der Waals surface area contributed by atoms with E-state index in [-0.39, 0.29) is 0 Å². The first-order valence-corrected chi connectivity index (χ1v) is 8.96. The highest BCUT2D eigenvalue weighted by Crippen LogP contribution is 2.27. The van der Waals surface area contributed by atoms with E-state index in [0.717, 1.165) is 33.3 Å². The molecule has 25 heavy (non-hydrogen) atoms. The number of aromatic nitrogens is 4. The Hall–Kier alpha value is -2.86. The molecular weight excluding hydrogens is 330 g/mol. The molecule has 0 radical (unpaired) electrons. The van der Waals surface area contributed by atoms with Crippen molar-refractivity contribution >= 4 is 34.2 Å². The molecule has 0 fully saturated rings. The molecule has 0 amide bonds. The van der Waals surface area contributed by atoms with Gasteiger partial charge in [-0.15, -0.1) is 0 Å². The Kier molecular flexibility index (Phi) is 4.35. The van der Waals surface area contributed by atoms with Gasteiger partial charge in [-0.1, -0.05) is 30.0 Å². The van der Waals surface area contributed by atoms with Gasteiger partial charge in [0.15, 0.2) is 5.16 Å². The lowest BCUT2D eigenvalue weighted by Crippen LogP contribution is -1.97. The first-order chi connectivity index (χ1) is 12.3. The van der Waals surface area contributed by atoms with Crippen molar-refractivity contribution in [2.45, 2.75) is 17.8 Å². The number of hydrogen-bond donors (Lipinski definition) is 2. The van der Waals surface area contributed by atoms with E-state index in [0.29, 0.717) is 0 Å². The number of fused-ring (bicyclic) bond motifs is 1. The van der Waals surface area contributed by atoms with Gasteiger partial charge in [0, 0.05) is 29.2 Å². The molecule has 0 spiro atoms. The van der Waals surface area contributed by atoms with Gasteiger partial charge < -0.3 is 10.3 Å². The van der Waals surface area contributed by atoms with Gasteiger partial charge in [-0.25, -0.2) is 15.0 Å². The Morgan fingerprint density at radius 3 is 2.88 bits per heavy atom. The van der Waals surface area contributed by atoms with Crippen LogP contribution in [0.4, 0.5) is 11.5 Å². The summed E-state index contributed by atoms with van der Waals surface area (Å²) in [5.74, 6) is 1.66. The monoisotopic (exact) mass is 347 g/mol. The highest BCUT2D eigenvalue weighted by atomic mass is 32.2. The van der Waals surface area contributed by atoms with Crippen LogP contribution in [-0.2, 0) is 5.75 Å². The molecule has 2 heterocycles.